The van der Waals surface area contributed by atoms with Crippen molar-refractivity contribution in [3.05, 3.63) is 64.2 Å². The molecule has 0 aliphatic heterocycles. The van der Waals surface area contributed by atoms with Gasteiger partial charge in [-0.05, 0) is 64.5 Å². The van der Waals surface area contributed by atoms with Crippen LogP contribution < -0.4 is 10.6 Å². The fourth-order valence-electron chi connectivity index (χ4n) is 1.95. The van der Waals surface area contributed by atoms with E-state index in [-0.39, 0.29) is 0 Å². The first-order chi connectivity index (χ1) is 11.6. The maximum absolute atomic E-state index is 5.89. The van der Waals surface area contributed by atoms with Crippen molar-refractivity contribution >= 4 is 50.7 Å². The van der Waals surface area contributed by atoms with E-state index in [1.54, 1.807) is 12.4 Å². The third kappa shape index (κ3) is 4.53. The van der Waals surface area contributed by atoms with Crippen molar-refractivity contribution < 1.29 is 4.42 Å². The molecule has 2 aromatic heterocycles. The molecule has 0 saturated carbocycles. The van der Waals surface area contributed by atoms with Crippen LogP contribution in [0.2, 0.25) is 5.02 Å². The van der Waals surface area contributed by atoms with Crippen LogP contribution in [0, 0.1) is 0 Å². The quantitative estimate of drug-likeness (QED) is 0.596. The third-order valence-electron chi connectivity index (χ3n) is 3.08. The summed E-state index contributed by atoms with van der Waals surface area (Å²) in [5, 5.41) is 7.15. The van der Waals surface area contributed by atoms with Crippen LogP contribution in [-0.2, 0) is 6.54 Å². The largest absolute Gasteiger partial charge is 0.459 e. The number of hydrogen-bond donors (Lipinski definition) is 2. The van der Waals surface area contributed by atoms with Crippen molar-refractivity contribution in [3.63, 3.8) is 0 Å². The molecular weight excluding hydrogens is 412 g/mol. The fourth-order valence-corrected chi connectivity index (χ4v) is 2.45. The first-order valence-corrected chi connectivity index (χ1v) is 8.55. The van der Waals surface area contributed by atoms with Gasteiger partial charge in [-0.25, -0.2) is 9.97 Å². The highest BCUT2D eigenvalue weighted by molar-refractivity contribution is 9.10. The number of nitrogens with one attached hydrogen (secondary N) is 2. The molecule has 0 aliphatic rings. The van der Waals surface area contributed by atoms with Crippen LogP contribution in [0.15, 0.2) is 57.8 Å². The summed E-state index contributed by atoms with van der Waals surface area (Å²) in [5.41, 5.74) is 0.969. The number of halogens is 2. The molecular formula is C16H12BrClN4OS. The first-order valence-electron chi connectivity index (χ1n) is 6.97. The number of thiocarbonyl (C=S) groups is 1. The zero-order chi connectivity index (χ0) is 16.9. The average Bonchev–Trinajstić information content (AvgIpc) is 3.05. The van der Waals surface area contributed by atoms with Crippen LogP contribution in [0.5, 0.6) is 0 Å². The van der Waals surface area contributed by atoms with Gasteiger partial charge in [0.2, 0.25) is 0 Å². The SMILES string of the molecule is S=C(NCc1ccc(-c2ccc(Cl)cc2)o1)Nc1cnc(Br)cn1. The molecule has 0 fully saturated rings. The summed E-state index contributed by atoms with van der Waals surface area (Å²) in [6.07, 6.45) is 3.18. The van der Waals surface area contributed by atoms with Gasteiger partial charge >= 0.3 is 0 Å². The maximum atomic E-state index is 5.89. The lowest BCUT2D eigenvalue weighted by molar-refractivity contribution is 0.516. The third-order valence-corrected chi connectivity index (χ3v) is 3.98. The molecule has 0 amide bonds. The van der Waals surface area contributed by atoms with Crippen LogP contribution in [-0.4, -0.2) is 15.1 Å². The van der Waals surface area contributed by atoms with E-state index in [4.69, 9.17) is 28.2 Å². The van der Waals surface area contributed by atoms with Crippen molar-refractivity contribution in [2.75, 3.05) is 5.32 Å². The Morgan fingerprint density at radius 3 is 2.62 bits per heavy atom. The summed E-state index contributed by atoms with van der Waals surface area (Å²) in [5.74, 6) is 2.11. The molecule has 1 aromatic carbocycles. The second kappa shape index (κ2) is 7.74. The van der Waals surface area contributed by atoms with Crippen LogP contribution >= 0.6 is 39.7 Å². The van der Waals surface area contributed by atoms with Gasteiger partial charge in [-0.15, -0.1) is 0 Å². The second-order valence-electron chi connectivity index (χ2n) is 4.80. The molecule has 122 valence electrons. The van der Waals surface area contributed by atoms with Gasteiger partial charge in [0.05, 0.1) is 18.9 Å². The molecule has 0 bridgehead atoms. The molecule has 5 nitrogen and oxygen atoms in total. The van der Waals surface area contributed by atoms with Gasteiger partial charge in [0.1, 0.15) is 16.1 Å². The summed E-state index contributed by atoms with van der Waals surface area (Å²) in [6, 6.07) is 11.3. The minimum atomic E-state index is 0.441. The molecule has 3 rings (SSSR count). The number of rotatable bonds is 4. The van der Waals surface area contributed by atoms with Gasteiger partial charge in [0.25, 0.3) is 0 Å². The monoisotopic (exact) mass is 422 g/mol. The Labute approximate surface area is 157 Å². The maximum Gasteiger partial charge on any atom is 0.172 e. The lowest BCUT2D eigenvalue weighted by Gasteiger charge is -2.08. The predicted octanol–water partition coefficient (Wildman–Crippen LogP) is 4.64. The van der Waals surface area contributed by atoms with Gasteiger partial charge in [0.15, 0.2) is 10.9 Å². The molecule has 0 aliphatic carbocycles. The van der Waals surface area contributed by atoms with Crippen molar-refractivity contribution in [1.82, 2.24) is 15.3 Å². The number of aromatic nitrogens is 2. The van der Waals surface area contributed by atoms with Gasteiger partial charge in [-0.2, -0.15) is 0 Å². The molecule has 3 aromatic rings. The van der Waals surface area contributed by atoms with Crippen molar-refractivity contribution in [2.24, 2.45) is 0 Å². The van der Waals surface area contributed by atoms with E-state index < -0.39 is 0 Å². The molecule has 0 saturated heterocycles. The van der Waals surface area contributed by atoms with E-state index in [1.165, 1.54) is 0 Å². The van der Waals surface area contributed by atoms with Crippen LogP contribution in [0.3, 0.4) is 0 Å². The highest BCUT2D eigenvalue weighted by Gasteiger charge is 2.06. The minimum absolute atomic E-state index is 0.441. The Morgan fingerprint density at radius 1 is 1.12 bits per heavy atom. The molecule has 8 heteroatoms. The standard InChI is InChI=1S/C16H12BrClN4OS/c17-14-8-20-15(9-19-14)22-16(24)21-7-12-5-6-13(23-12)10-1-3-11(18)4-2-10/h1-6,8-9H,7H2,(H2,20,21,22,24). The minimum Gasteiger partial charge on any atom is -0.459 e. The molecule has 0 unspecified atom stereocenters. The number of benzene rings is 1. The van der Waals surface area contributed by atoms with Crippen molar-refractivity contribution in [1.29, 1.82) is 0 Å². The molecule has 2 heterocycles. The van der Waals surface area contributed by atoms with E-state index >= 15 is 0 Å². The smallest absolute Gasteiger partial charge is 0.172 e. The summed E-state index contributed by atoms with van der Waals surface area (Å²) in [4.78, 5) is 8.21. The van der Waals surface area contributed by atoms with Crippen LogP contribution in [0.1, 0.15) is 5.76 Å². The van der Waals surface area contributed by atoms with Gasteiger partial charge in [-0.1, -0.05) is 11.6 Å². The Kier molecular flexibility index (Phi) is 5.44. The average molecular weight is 424 g/mol. The zero-order valence-electron chi connectivity index (χ0n) is 12.3. The summed E-state index contributed by atoms with van der Waals surface area (Å²) >= 11 is 14.3. The van der Waals surface area contributed by atoms with Crippen LogP contribution in [0.4, 0.5) is 5.82 Å². The lowest BCUT2D eigenvalue weighted by Crippen LogP contribution is -2.28. The van der Waals surface area contributed by atoms with E-state index in [9.17, 15) is 0 Å². The number of anilines is 1. The normalized spacial score (nSPS) is 10.4. The molecule has 0 radical (unpaired) electrons. The zero-order valence-corrected chi connectivity index (χ0v) is 15.5. The van der Waals surface area contributed by atoms with Gasteiger partial charge in [-0.3, -0.25) is 0 Å². The van der Waals surface area contributed by atoms with Gasteiger partial charge < -0.3 is 15.1 Å². The molecule has 0 atom stereocenters. The van der Waals surface area contributed by atoms with Crippen molar-refractivity contribution in [2.45, 2.75) is 6.54 Å². The lowest BCUT2D eigenvalue weighted by atomic mass is 10.2. The number of furan rings is 1. The predicted molar refractivity (Wildman–Crippen MR) is 102 cm³/mol. The van der Waals surface area contributed by atoms with E-state index in [1.807, 2.05) is 36.4 Å². The molecule has 24 heavy (non-hydrogen) atoms. The van der Waals surface area contributed by atoms with Crippen LogP contribution in [0.25, 0.3) is 11.3 Å². The fraction of sp³-hybridized carbons (Fsp3) is 0.0625. The Balaban J connectivity index is 1.56. The topological polar surface area (TPSA) is 63.0 Å². The van der Waals surface area contributed by atoms with E-state index in [2.05, 4.69) is 36.5 Å². The second-order valence-corrected chi connectivity index (χ2v) is 6.46. The molecule has 2 N–H and O–H groups in total. The van der Waals surface area contributed by atoms with Crippen molar-refractivity contribution in [3.8, 4) is 11.3 Å². The highest BCUT2D eigenvalue weighted by Crippen LogP contribution is 2.23. The highest BCUT2D eigenvalue weighted by atomic mass is 79.9. The Bertz CT molecular complexity index is 836. The number of hydrogen-bond acceptors (Lipinski definition) is 4. The Morgan fingerprint density at radius 2 is 1.92 bits per heavy atom. The van der Waals surface area contributed by atoms with Gasteiger partial charge in [0, 0.05) is 10.6 Å². The summed E-state index contributed by atoms with van der Waals surface area (Å²) < 4.78 is 6.46. The summed E-state index contributed by atoms with van der Waals surface area (Å²) in [7, 11) is 0. The Hall–Kier alpha value is -1.96. The van der Waals surface area contributed by atoms with E-state index in [0.717, 1.165) is 17.1 Å². The molecule has 0 spiro atoms. The number of nitrogens with zero attached hydrogens (tertiary/aromatic N) is 2. The van der Waals surface area contributed by atoms with E-state index in [0.29, 0.717) is 27.1 Å². The summed E-state index contributed by atoms with van der Waals surface area (Å²) in [6.45, 7) is 0.462. The first kappa shape index (κ1) is 16.9.